The average molecular weight is 264 g/mol. The number of hydrogen-bond donors (Lipinski definition) is 0. The molecule has 0 N–H and O–H groups in total. The van der Waals surface area contributed by atoms with E-state index in [4.69, 9.17) is 0 Å². The monoisotopic (exact) mass is 264 g/mol. The molecule has 0 aromatic heterocycles. The predicted molar refractivity (Wildman–Crippen MR) is 86.0 cm³/mol. The molecule has 0 saturated heterocycles. The van der Waals surface area contributed by atoms with Gasteiger partial charge in [-0.15, -0.1) is 0 Å². The molecule has 0 aliphatic heterocycles. The molecule has 2 radical (unpaired) electrons. The number of rotatable bonds is 6. The van der Waals surface area contributed by atoms with Crippen LogP contribution in [0.15, 0.2) is 67.2 Å². The van der Waals surface area contributed by atoms with E-state index in [1.807, 2.05) is 0 Å². The van der Waals surface area contributed by atoms with Crippen molar-refractivity contribution in [2.45, 2.75) is 25.3 Å². The summed E-state index contributed by atoms with van der Waals surface area (Å²) in [5.74, 6) is 0. The van der Waals surface area contributed by atoms with Crippen LogP contribution in [0.4, 0.5) is 0 Å². The van der Waals surface area contributed by atoms with E-state index in [1.165, 1.54) is 22.7 Å². The molecule has 0 heterocycles. The molecule has 0 saturated carbocycles. The van der Waals surface area contributed by atoms with E-state index < -0.39 is 0 Å². The van der Waals surface area contributed by atoms with Crippen molar-refractivity contribution < 1.29 is 0 Å². The summed E-state index contributed by atoms with van der Waals surface area (Å²) in [5.41, 5.74) is 3.26. The van der Waals surface area contributed by atoms with Crippen LogP contribution < -0.4 is 5.19 Å². The molecule has 0 nitrogen and oxygen atoms in total. The lowest BCUT2D eigenvalue weighted by Gasteiger charge is -2.12. The van der Waals surface area contributed by atoms with Gasteiger partial charge in [0.25, 0.3) is 0 Å². The van der Waals surface area contributed by atoms with Gasteiger partial charge < -0.3 is 0 Å². The van der Waals surface area contributed by atoms with Crippen molar-refractivity contribution >= 4 is 20.3 Å². The van der Waals surface area contributed by atoms with E-state index in [0.29, 0.717) is 0 Å². The number of hydrogen-bond acceptors (Lipinski definition) is 0. The standard InChI is InChI=1S/C18H20Si/c1-15(17-9-5-3-6-10-17)13-14-16(2)19-18-11-7-4-8-12-18/h3-12,16H,1,13-14H2,2H3/t16-/m0/s1. The Labute approximate surface area is 119 Å². The van der Waals surface area contributed by atoms with Crippen molar-refractivity contribution in [3.63, 3.8) is 0 Å². The minimum atomic E-state index is 0.725. The average Bonchev–Trinajstić information content (AvgIpc) is 2.47. The minimum absolute atomic E-state index is 0.725. The van der Waals surface area contributed by atoms with Gasteiger partial charge in [-0.1, -0.05) is 79.4 Å². The molecular weight excluding hydrogens is 244 g/mol. The molecule has 0 unspecified atom stereocenters. The van der Waals surface area contributed by atoms with Crippen molar-refractivity contribution in [2.75, 3.05) is 0 Å². The van der Waals surface area contributed by atoms with Crippen LogP contribution >= 0.6 is 0 Å². The molecule has 2 aromatic carbocycles. The largest absolute Gasteiger partial charge is 0.0952 e. The summed E-state index contributed by atoms with van der Waals surface area (Å²) in [6.45, 7) is 6.54. The summed E-state index contributed by atoms with van der Waals surface area (Å²) in [4.78, 5) is 0. The number of allylic oxidation sites excluding steroid dienone is 1. The van der Waals surface area contributed by atoms with Gasteiger partial charge in [-0.25, -0.2) is 0 Å². The predicted octanol–water partition coefficient (Wildman–Crippen LogP) is 4.32. The fourth-order valence-electron chi connectivity index (χ4n) is 2.10. The highest BCUT2D eigenvalue weighted by atomic mass is 28.2. The van der Waals surface area contributed by atoms with Gasteiger partial charge in [-0.3, -0.25) is 0 Å². The van der Waals surface area contributed by atoms with Crippen molar-refractivity contribution in [3.8, 4) is 0 Å². The molecule has 0 aliphatic rings. The highest BCUT2D eigenvalue weighted by Crippen LogP contribution is 2.21. The molecule has 1 heteroatoms. The summed E-state index contributed by atoms with van der Waals surface area (Å²) < 4.78 is 0. The Morgan fingerprint density at radius 1 is 1.00 bits per heavy atom. The van der Waals surface area contributed by atoms with Gasteiger partial charge >= 0.3 is 0 Å². The van der Waals surface area contributed by atoms with Crippen molar-refractivity contribution in [3.05, 3.63) is 72.8 Å². The lowest BCUT2D eigenvalue weighted by atomic mass is 10.0. The van der Waals surface area contributed by atoms with Crippen LogP contribution in [0.25, 0.3) is 5.57 Å². The van der Waals surface area contributed by atoms with E-state index in [2.05, 4.69) is 74.2 Å². The summed E-state index contributed by atoms with van der Waals surface area (Å²) in [6.07, 6.45) is 2.30. The van der Waals surface area contributed by atoms with Gasteiger partial charge in [0.2, 0.25) is 0 Å². The molecule has 19 heavy (non-hydrogen) atoms. The molecule has 2 aromatic rings. The molecule has 2 rings (SSSR count). The third-order valence-electron chi connectivity index (χ3n) is 3.25. The van der Waals surface area contributed by atoms with Crippen LogP contribution in [0.5, 0.6) is 0 Å². The Morgan fingerprint density at radius 3 is 2.21 bits per heavy atom. The number of benzene rings is 2. The normalized spacial score (nSPS) is 12.1. The maximum absolute atomic E-state index is 4.21. The quantitative estimate of drug-likeness (QED) is 0.682. The molecule has 96 valence electrons. The second kappa shape index (κ2) is 7.10. The summed E-state index contributed by atoms with van der Waals surface area (Å²) >= 11 is 0. The SMILES string of the molecule is C=C(CC[C@H](C)[Si]c1ccccc1)c1ccccc1. The van der Waals surface area contributed by atoms with Gasteiger partial charge in [0.1, 0.15) is 0 Å². The first-order chi connectivity index (χ1) is 9.25. The maximum Gasteiger partial charge on any atom is 0.0839 e. The van der Waals surface area contributed by atoms with Crippen LogP contribution in [0, 0.1) is 0 Å². The fraction of sp³-hybridized carbons (Fsp3) is 0.222. The van der Waals surface area contributed by atoms with Crippen LogP contribution in [0.1, 0.15) is 25.3 Å². The Hall–Kier alpha value is -1.60. The Bertz CT molecular complexity index is 502. The zero-order valence-corrected chi connectivity index (χ0v) is 12.5. The van der Waals surface area contributed by atoms with E-state index in [-0.39, 0.29) is 0 Å². The molecular formula is C18H20Si. The van der Waals surface area contributed by atoms with Crippen molar-refractivity contribution in [1.82, 2.24) is 0 Å². The topological polar surface area (TPSA) is 0 Å². The van der Waals surface area contributed by atoms with Crippen molar-refractivity contribution in [1.29, 1.82) is 0 Å². The van der Waals surface area contributed by atoms with Crippen LogP contribution in [0.3, 0.4) is 0 Å². The Kier molecular flexibility index (Phi) is 5.16. The fourth-order valence-corrected chi connectivity index (χ4v) is 3.34. The summed E-state index contributed by atoms with van der Waals surface area (Å²) in [6, 6.07) is 21.3. The lowest BCUT2D eigenvalue weighted by Crippen LogP contribution is -2.17. The zero-order chi connectivity index (χ0) is 13.5. The second-order valence-corrected chi connectivity index (χ2v) is 6.77. The van der Waals surface area contributed by atoms with Crippen molar-refractivity contribution in [2.24, 2.45) is 0 Å². The highest BCUT2D eigenvalue weighted by Gasteiger charge is 2.06. The van der Waals surface area contributed by atoms with Gasteiger partial charge in [0.15, 0.2) is 0 Å². The summed E-state index contributed by atoms with van der Waals surface area (Å²) in [7, 11) is 0.894. The van der Waals surface area contributed by atoms with Gasteiger partial charge in [0, 0.05) is 0 Å². The Balaban J connectivity index is 1.81. The Morgan fingerprint density at radius 2 is 1.58 bits per heavy atom. The molecule has 0 bridgehead atoms. The summed E-state index contributed by atoms with van der Waals surface area (Å²) in [5, 5.41) is 1.46. The maximum atomic E-state index is 4.21. The first kappa shape index (κ1) is 13.8. The molecule has 0 spiro atoms. The zero-order valence-electron chi connectivity index (χ0n) is 11.5. The smallest absolute Gasteiger partial charge is 0.0839 e. The molecule has 0 fully saturated rings. The van der Waals surface area contributed by atoms with Crippen LogP contribution in [-0.2, 0) is 0 Å². The van der Waals surface area contributed by atoms with Crippen LogP contribution in [-0.4, -0.2) is 9.52 Å². The van der Waals surface area contributed by atoms with E-state index in [0.717, 1.165) is 21.5 Å². The molecule has 0 amide bonds. The minimum Gasteiger partial charge on any atom is -0.0952 e. The van der Waals surface area contributed by atoms with Crippen LogP contribution in [0.2, 0.25) is 5.54 Å². The third kappa shape index (κ3) is 4.53. The third-order valence-corrected chi connectivity index (χ3v) is 4.70. The van der Waals surface area contributed by atoms with E-state index >= 15 is 0 Å². The van der Waals surface area contributed by atoms with Gasteiger partial charge in [-0.05, 0) is 29.5 Å². The first-order valence-corrected chi connectivity index (χ1v) is 7.88. The molecule has 0 aliphatic carbocycles. The lowest BCUT2D eigenvalue weighted by molar-refractivity contribution is 0.816. The van der Waals surface area contributed by atoms with Gasteiger partial charge in [0.05, 0.1) is 9.52 Å². The second-order valence-electron chi connectivity index (χ2n) is 4.92. The van der Waals surface area contributed by atoms with E-state index in [1.54, 1.807) is 0 Å². The van der Waals surface area contributed by atoms with Gasteiger partial charge in [-0.2, -0.15) is 0 Å². The van der Waals surface area contributed by atoms with E-state index in [9.17, 15) is 0 Å². The molecule has 1 atom stereocenters. The first-order valence-electron chi connectivity index (χ1n) is 6.80. The highest BCUT2D eigenvalue weighted by molar-refractivity contribution is 6.54.